The maximum atomic E-state index is 12.3. The van der Waals surface area contributed by atoms with E-state index < -0.39 is 0 Å². The van der Waals surface area contributed by atoms with Gasteiger partial charge in [-0.25, -0.2) is 4.98 Å². The number of hydrogen-bond acceptors (Lipinski definition) is 4. The van der Waals surface area contributed by atoms with Gasteiger partial charge >= 0.3 is 6.01 Å². The number of benzene rings is 1. The summed E-state index contributed by atoms with van der Waals surface area (Å²) in [6.45, 7) is 1.34. The Labute approximate surface area is 127 Å². The minimum Gasteiger partial charge on any atom is -0.467 e. The molecule has 21 heavy (non-hydrogen) atoms. The van der Waals surface area contributed by atoms with Crippen molar-refractivity contribution in [2.45, 2.75) is 5.92 Å². The van der Waals surface area contributed by atoms with Crippen LogP contribution in [0.1, 0.15) is 22.0 Å². The Morgan fingerprint density at radius 1 is 1.38 bits per heavy atom. The Hall–Kier alpha value is -2.14. The molecular weight excluding hydrogens is 290 g/mol. The molecule has 0 unspecified atom stereocenters. The second-order valence-corrected chi connectivity index (χ2v) is 5.33. The third-order valence-electron chi connectivity index (χ3n) is 3.52. The number of carbonyl (C=O) groups excluding carboxylic acids is 1. The molecule has 0 atom stereocenters. The van der Waals surface area contributed by atoms with Crippen molar-refractivity contribution in [1.29, 1.82) is 0 Å². The Balaban J connectivity index is 1.66. The van der Waals surface area contributed by atoms with E-state index in [1.165, 1.54) is 13.3 Å². The number of halogens is 1. The molecule has 5 nitrogen and oxygen atoms in total. The molecule has 1 aliphatic heterocycles. The third-order valence-corrected chi connectivity index (χ3v) is 3.76. The van der Waals surface area contributed by atoms with Gasteiger partial charge in [0.15, 0.2) is 0 Å². The maximum absolute atomic E-state index is 12.3. The summed E-state index contributed by atoms with van der Waals surface area (Å²) in [5.41, 5.74) is 1.51. The lowest BCUT2D eigenvalue weighted by Gasteiger charge is -2.39. The van der Waals surface area contributed by atoms with Crippen molar-refractivity contribution >= 4 is 17.5 Å². The smallest absolute Gasteiger partial charge is 0.316 e. The van der Waals surface area contributed by atoms with Gasteiger partial charge in [0, 0.05) is 30.2 Å². The van der Waals surface area contributed by atoms with E-state index in [9.17, 15) is 4.79 Å². The Kier molecular flexibility index (Phi) is 3.75. The highest BCUT2D eigenvalue weighted by Gasteiger charge is 2.33. The van der Waals surface area contributed by atoms with Crippen molar-refractivity contribution < 1.29 is 9.53 Å². The highest BCUT2D eigenvalue weighted by Crippen LogP contribution is 2.29. The van der Waals surface area contributed by atoms with Crippen LogP contribution in [0.15, 0.2) is 36.5 Å². The number of likely N-dealkylation sites (tertiary alicyclic amines) is 1. The lowest BCUT2D eigenvalue weighted by Crippen LogP contribution is -2.48. The van der Waals surface area contributed by atoms with Crippen molar-refractivity contribution in [1.82, 2.24) is 14.9 Å². The first-order valence-electron chi connectivity index (χ1n) is 6.59. The van der Waals surface area contributed by atoms with Crippen LogP contribution in [0.3, 0.4) is 0 Å². The molecule has 0 bridgehead atoms. The van der Waals surface area contributed by atoms with Gasteiger partial charge in [0.25, 0.3) is 5.91 Å². The molecule has 1 aliphatic rings. The number of hydrogen-bond donors (Lipinski definition) is 0. The number of methoxy groups -OCH3 is 1. The number of carbonyl (C=O) groups is 1. The number of aromatic nitrogens is 2. The molecule has 0 radical (unpaired) electrons. The van der Waals surface area contributed by atoms with E-state index in [1.54, 1.807) is 11.0 Å². The molecule has 0 aliphatic carbocycles. The average Bonchev–Trinajstić information content (AvgIpc) is 2.46. The fourth-order valence-electron chi connectivity index (χ4n) is 2.34. The second-order valence-electron chi connectivity index (χ2n) is 4.89. The molecule has 2 aromatic rings. The van der Waals surface area contributed by atoms with Crippen LogP contribution >= 0.6 is 11.6 Å². The molecule has 2 heterocycles. The number of ether oxygens (including phenoxy) is 1. The van der Waals surface area contributed by atoms with Crippen LogP contribution in [0.4, 0.5) is 0 Å². The molecule has 1 aromatic heterocycles. The Morgan fingerprint density at radius 3 is 2.90 bits per heavy atom. The van der Waals surface area contributed by atoms with Crippen LogP contribution in [0, 0.1) is 0 Å². The first kappa shape index (κ1) is 13.8. The van der Waals surface area contributed by atoms with Crippen LogP contribution in [0.25, 0.3) is 0 Å². The third kappa shape index (κ3) is 2.83. The minimum absolute atomic E-state index is 0.103. The average molecular weight is 304 g/mol. The fraction of sp³-hybridized carbons (Fsp3) is 0.267. The predicted octanol–water partition coefficient (Wildman–Crippen LogP) is 2.38. The van der Waals surface area contributed by atoms with Crippen LogP contribution in [0.2, 0.25) is 5.02 Å². The largest absolute Gasteiger partial charge is 0.467 e. The van der Waals surface area contributed by atoms with E-state index >= 15 is 0 Å². The van der Waals surface area contributed by atoms with E-state index in [4.69, 9.17) is 16.3 Å². The molecule has 0 spiro atoms. The number of nitrogens with zero attached hydrogens (tertiary/aromatic N) is 3. The van der Waals surface area contributed by atoms with Gasteiger partial charge in [-0.15, -0.1) is 0 Å². The van der Waals surface area contributed by atoms with Crippen molar-refractivity contribution in [2.75, 3.05) is 20.2 Å². The molecule has 1 aromatic carbocycles. The molecule has 1 fully saturated rings. The topological polar surface area (TPSA) is 55.3 Å². The van der Waals surface area contributed by atoms with Gasteiger partial charge in [-0.05, 0) is 23.8 Å². The van der Waals surface area contributed by atoms with Crippen molar-refractivity contribution in [3.8, 4) is 6.01 Å². The number of amides is 1. The van der Waals surface area contributed by atoms with Gasteiger partial charge in [0.2, 0.25) is 0 Å². The Bertz CT molecular complexity index is 671. The van der Waals surface area contributed by atoms with Crippen molar-refractivity contribution in [2.24, 2.45) is 0 Å². The number of rotatable bonds is 3. The van der Waals surface area contributed by atoms with E-state index in [-0.39, 0.29) is 11.9 Å². The zero-order chi connectivity index (χ0) is 14.8. The van der Waals surface area contributed by atoms with Gasteiger partial charge in [0.1, 0.15) is 5.69 Å². The van der Waals surface area contributed by atoms with Crippen LogP contribution < -0.4 is 4.74 Å². The highest BCUT2D eigenvalue weighted by atomic mass is 35.5. The van der Waals surface area contributed by atoms with Gasteiger partial charge < -0.3 is 9.64 Å². The summed E-state index contributed by atoms with van der Waals surface area (Å²) >= 11 is 5.99. The first-order chi connectivity index (χ1) is 10.2. The normalized spacial score (nSPS) is 14.7. The molecule has 0 N–H and O–H groups in total. The molecule has 3 rings (SSSR count). The summed E-state index contributed by atoms with van der Waals surface area (Å²) in [6, 6.07) is 9.55. The van der Waals surface area contributed by atoms with E-state index in [0.717, 1.165) is 10.6 Å². The molecule has 0 saturated carbocycles. The predicted molar refractivity (Wildman–Crippen MR) is 78.7 cm³/mol. The van der Waals surface area contributed by atoms with Crippen molar-refractivity contribution in [3.63, 3.8) is 0 Å². The molecule has 1 saturated heterocycles. The SMILES string of the molecule is COc1nccc(C(=O)N2CC(c3cccc(Cl)c3)C2)n1. The summed E-state index contributed by atoms with van der Waals surface area (Å²) in [6.07, 6.45) is 1.52. The quantitative estimate of drug-likeness (QED) is 0.873. The summed E-state index contributed by atoms with van der Waals surface area (Å²) in [5, 5.41) is 0.720. The lowest BCUT2D eigenvalue weighted by molar-refractivity contribution is 0.0595. The van der Waals surface area contributed by atoms with Crippen LogP contribution in [-0.4, -0.2) is 41.0 Å². The van der Waals surface area contributed by atoms with Crippen LogP contribution in [-0.2, 0) is 0 Å². The molecule has 108 valence electrons. The zero-order valence-corrected chi connectivity index (χ0v) is 12.2. The second kappa shape index (κ2) is 5.69. The summed E-state index contributed by atoms with van der Waals surface area (Å²) in [4.78, 5) is 22.0. The first-order valence-corrected chi connectivity index (χ1v) is 6.97. The Morgan fingerprint density at radius 2 is 2.19 bits per heavy atom. The summed E-state index contributed by atoms with van der Waals surface area (Å²) < 4.78 is 4.93. The maximum Gasteiger partial charge on any atom is 0.316 e. The minimum atomic E-state index is -0.103. The monoisotopic (exact) mass is 303 g/mol. The summed E-state index contributed by atoms with van der Waals surface area (Å²) in [5.74, 6) is 0.227. The zero-order valence-electron chi connectivity index (χ0n) is 11.5. The van der Waals surface area contributed by atoms with Gasteiger partial charge in [0.05, 0.1) is 7.11 Å². The standard InChI is InChI=1S/C15H14ClN3O2/c1-21-15-17-6-5-13(18-15)14(20)19-8-11(9-19)10-3-2-4-12(16)7-10/h2-7,11H,8-9H2,1H3. The molecular formula is C15H14ClN3O2. The van der Waals surface area contributed by atoms with E-state index in [0.29, 0.717) is 24.7 Å². The van der Waals surface area contributed by atoms with E-state index in [2.05, 4.69) is 9.97 Å². The fourth-order valence-corrected chi connectivity index (χ4v) is 2.53. The molecule has 6 heteroatoms. The van der Waals surface area contributed by atoms with Crippen LogP contribution in [0.5, 0.6) is 6.01 Å². The highest BCUT2D eigenvalue weighted by molar-refractivity contribution is 6.30. The lowest BCUT2D eigenvalue weighted by atomic mass is 9.91. The van der Waals surface area contributed by atoms with E-state index in [1.807, 2.05) is 24.3 Å². The van der Waals surface area contributed by atoms with Crippen molar-refractivity contribution in [3.05, 3.63) is 52.8 Å². The van der Waals surface area contributed by atoms with Gasteiger partial charge in [-0.3, -0.25) is 4.79 Å². The van der Waals surface area contributed by atoms with Gasteiger partial charge in [-0.1, -0.05) is 23.7 Å². The summed E-state index contributed by atoms with van der Waals surface area (Å²) in [7, 11) is 1.47. The van der Waals surface area contributed by atoms with Gasteiger partial charge in [-0.2, -0.15) is 4.98 Å². The molecule has 1 amide bonds.